The fourth-order valence-corrected chi connectivity index (χ4v) is 2.35. The molecule has 3 rings (SSSR count). The molecule has 26 heavy (non-hydrogen) atoms. The van der Waals surface area contributed by atoms with E-state index < -0.39 is 46.3 Å². The molecule has 0 radical (unpaired) electrons. The van der Waals surface area contributed by atoms with Crippen LogP contribution in [0.4, 0.5) is 23.2 Å². The Balaban J connectivity index is 2.09. The second-order valence-electron chi connectivity index (χ2n) is 5.14. The third-order valence-electron chi connectivity index (χ3n) is 3.55. The van der Waals surface area contributed by atoms with Crippen molar-refractivity contribution in [2.24, 2.45) is 0 Å². The molecule has 0 saturated carbocycles. The normalized spacial score (nSPS) is 14.3. The van der Waals surface area contributed by atoms with Crippen LogP contribution in [0, 0.1) is 5.82 Å². The van der Waals surface area contributed by atoms with Crippen molar-refractivity contribution in [2.45, 2.75) is 6.18 Å². The summed E-state index contributed by atoms with van der Waals surface area (Å²) >= 11 is 0. The minimum atomic E-state index is -4.72. The SMILES string of the molecule is COC1=C(Nc2cc(C(F)(F)F)ccc2F)C(=O)c2nccnc2C1=O. The predicted molar refractivity (Wildman–Crippen MR) is 79.8 cm³/mol. The van der Waals surface area contributed by atoms with E-state index in [0.717, 1.165) is 7.11 Å². The number of nitrogens with zero attached hydrogens (tertiary/aromatic N) is 2. The number of alkyl halides is 3. The van der Waals surface area contributed by atoms with Crippen LogP contribution < -0.4 is 5.32 Å². The van der Waals surface area contributed by atoms with Gasteiger partial charge in [0, 0.05) is 12.4 Å². The summed E-state index contributed by atoms with van der Waals surface area (Å²) in [6.07, 6.45) is -2.35. The summed E-state index contributed by atoms with van der Waals surface area (Å²) in [5.74, 6) is -3.21. The van der Waals surface area contributed by atoms with Gasteiger partial charge in [0.15, 0.2) is 5.76 Å². The van der Waals surface area contributed by atoms with Crippen molar-refractivity contribution in [1.29, 1.82) is 0 Å². The fourth-order valence-electron chi connectivity index (χ4n) is 2.35. The average molecular weight is 367 g/mol. The number of anilines is 1. The zero-order valence-corrected chi connectivity index (χ0v) is 13.0. The second kappa shape index (κ2) is 6.21. The number of nitrogens with one attached hydrogen (secondary N) is 1. The highest BCUT2D eigenvalue weighted by atomic mass is 19.4. The Hall–Kier alpha value is -3.30. The monoisotopic (exact) mass is 367 g/mol. The van der Waals surface area contributed by atoms with Crippen molar-refractivity contribution in [1.82, 2.24) is 9.97 Å². The van der Waals surface area contributed by atoms with Gasteiger partial charge in [-0.05, 0) is 18.2 Å². The zero-order chi connectivity index (χ0) is 19.1. The molecular weight excluding hydrogens is 358 g/mol. The maximum atomic E-state index is 13.9. The molecule has 1 aromatic carbocycles. The van der Waals surface area contributed by atoms with E-state index in [1.807, 2.05) is 0 Å². The fraction of sp³-hybridized carbons (Fsp3) is 0.125. The molecule has 0 aliphatic heterocycles. The number of fused-ring (bicyclic) bond motifs is 1. The Morgan fingerprint density at radius 2 is 1.65 bits per heavy atom. The van der Waals surface area contributed by atoms with Gasteiger partial charge < -0.3 is 10.1 Å². The lowest BCUT2D eigenvalue weighted by atomic mass is 9.99. The lowest BCUT2D eigenvalue weighted by Gasteiger charge is -2.20. The molecule has 2 aromatic rings. The van der Waals surface area contributed by atoms with E-state index in [1.165, 1.54) is 12.4 Å². The van der Waals surface area contributed by atoms with Gasteiger partial charge in [0.1, 0.15) is 22.9 Å². The summed E-state index contributed by atoms with van der Waals surface area (Å²) < 4.78 is 57.3. The van der Waals surface area contributed by atoms with E-state index in [0.29, 0.717) is 18.2 Å². The first-order valence-electron chi connectivity index (χ1n) is 7.06. The van der Waals surface area contributed by atoms with Crippen LogP contribution in [0.5, 0.6) is 0 Å². The standard InChI is InChI=1S/C16H9F4N3O3/c1-26-15-12(13(24)10-11(14(15)25)22-5-4-21-10)23-9-6-7(16(18,19)20)2-3-8(9)17/h2-6,23H,1H3. The number of hydrogen-bond acceptors (Lipinski definition) is 6. The van der Waals surface area contributed by atoms with E-state index in [4.69, 9.17) is 4.74 Å². The van der Waals surface area contributed by atoms with Gasteiger partial charge in [-0.25, -0.2) is 14.4 Å². The van der Waals surface area contributed by atoms with Gasteiger partial charge in [-0.3, -0.25) is 9.59 Å². The molecule has 0 bridgehead atoms. The second-order valence-corrected chi connectivity index (χ2v) is 5.14. The number of halogens is 4. The molecule has 1 aliphatic rings. The van der Waals surface area contributed by atoms with Gasteiger partial charge in [-0.15, -0.1) is 0 Å². The molecule has 0 amide bonds. The Morgan fingerprint density at radius 3 is 2.23 bits per heavy atom. The van der Waals surface area contributed by atoms with Crippen molar-refractivity contribution >= 4 is 17.3 Å². The van der Waals surface area contributed by atoms with Crippen molar-refractivity contribution in [3.05, 3.63) is 64.8 Å². The summed E-state index contributed by atoms with van der Waals surface area (Å²) in [7, 11) is 1.09. The molecule has 0 fully saturated rings. The summed E-state index contributed by atoms with van der Waals surface area (Å²) in [5, 5.41) is 2.23. The molecule has 134 valence electrons. The third kappa shape index (κ3) is 2.89. The van der Waals surface area contributed by atoms with Crippen LogP contribution in [-0.4, -0.2) is 28.6 Å². The minimum absolute atomic E-state index is 0.260. The smallest absolute Gasteiger partial charge is 0.416 e. The van der Waals surface area contributed by atoms with Crippen molar-refractivity contribution < 1.29 is 31.9 Å². The van der Waals surface area contributed by atoms with Gasteiger partial charge in [-0.1, -0.05) is 0 Å². The number of ether oxygens (including phenoxy) is 1. The number of allylic oxidation sites excluding steroid dienone is 2. The number of rotatable bonds is 3. The van der Waals surface area contributed by atoms with E-state index >= 15 is 0 Å². The lowest BCUT2D eigenvalue weighted by Crippen LogP contribution is -2.29. The first-order chi connectivity index (χ1) is 12.2. The number of carbonyl (C=O) groups is 2. The Labute approximate surface area is 143 Å². The van der Waals surface area contributed by atoms with Crippen molar-refractivity contribution in [3.8, 4) is 0 Å². The summed E-state index contributed by atoms with van der Waals surface area (Å²) in [4.78, 5) is 32.4. The van der Waals surface area contributed by atoms with Crippen LogP contribution in [0.15, 0.2) is 42.0 Å². The van der Waals surface area contributed by atoms with Crippen LogP contribution in [-0.2, 0) is 10.9 Å². The first kappa shape index (κ1) is 17.5. The van der Waals surface area contributed by atoms with E-state index in [2.05, 4.69) is 15.3 Å². The third-order valence-corrected chi connectivity index (χ3v) is 3.55. The number of aromatic nitrogens is 2. The molecule has 6 nitrogen and oxygen atoms in total. The Bertz CT molecular complexity index is 954. The maximum Gasteiger partial charge on any atom is 0.416 e. The average Bonchev–Trinajstić information content (AvgIpc) is 2.60. The first-order valence-corrected chi connectivity index (χ1v) is 7.06. The molecule has 10 heteroatoms. The van der Waals surface area contributed by atoms with E-state index in [1.54, 1.807) is 0 Å². The van der Waals surface area contributed by atoms with Gasteiger partial charge in [0.25, 0.3) is 5.78 Å². The van der Waals surface area contributed by atoms with Gasteiger partial charge in [-0.2, -0.15) is 13.2 Å². The predicted octanol–water partition coefficient (Wildman–Crippen LogP) is 2.98. The van der Waals surface area contributed by atoms with Crippen LogP contribution in [0.1, 0.15) is 26.5 Å². The number of carbonyl (C=O) groups excluding carboxylic acids is 2. The van der Waals surface area contributed by atoms with Crippen LogP contribution in [0.3, 0.4) is 0 Å². The number of Topliss-reactive ketones (excluding diaryl/α,β-unsaturated/α-hetero) is 2. The lowest BCUT2D eigenvalue weighted by molar-refractivity contribution is -0.137. The maximum absolute atomic E-state index is 13.9. The van der Waals surface area contributed by atoms with E-state index in [9.17, 15) is 27.2 Å². The summed E-state index contributed by atoms with van der Waals surface area (Å²) in [6, 6.07) is 1.64. The highest BCUT2D eigenvalue weighted by Crippen LogP contribution is 2.33. The largest absolute Gasteiger partial charge is 0.491 e. The van der Waals surface area contributed by atoms with Gasteiger partial charge >= 0.3 is 6.18 Å². The molecule has 1 N–H and O–H groups in total. The Morgan fingerprint density at radius 1 is 1.04 bits per heavy atom. The molecule has 0 unspecified atom stereocenters. The topological polar surface area (TPSA) is 81.2 Å². The molecule has 1 aromatic heterocycles. The van der Waals surface area contributed by atoms with Crippen LogP contribution >= 0.6 is 0 Å². The number of hydrogen-bond donors (Lipinski definition) is 1. The molecule has 0 atom stereocenters. The minimum Gasteiger partial charge on any atom is -0.491 e. The number of methoxy groups -OCH3 is 1. The number of ketones is 2. The van der Waals surface area contributed by atoms with Gasteiger partial charge in [0.05, 0.1) is 18.4 Å². The summed E-state index contributed by atoms with van der Waals surface area (Å²) in [6.45, 7) is 0. The number of benzene rings is 1. The quantitative estimate of drug-likeness (QED) is 0.840. The molecule has 1 heterocycles. The molecule has 0 saturated heterocycles. The summed E-state index contributed by atoms with van der Waals surface area (Å²) in [5.41, 5.74) is -2.87. The van der Waals surface area contributed by atoms with Crippen molar-refractivity contribution in [2.75, 3.05) is 12.4 Å². The van der Waals surface area contributed by atoms with Gasteiger partial charge in [0.2, 0.25) is 5.78 Å². The van der Waals surface area contributed by atoms with Crippen molar-refractivity contribution in [3.63, 3.8) is 0 Å². The molecule has 1 aliphatic carbocycles. The van der Waals surface area contributed by atoms with Crippen LogP contribution in [0.25, 0.3) is 0 Å². The van der Waals surface area contributed by atoms with Crippen LogP contribution in [0.2, 0.25) is 0 Å². The highest BCUT2D eigenvalue weighted by Gasteiger charge is 2.37. The van der Waals surface area contributed by atoms with E-state index in [-0.39, 0.29) is 11.4 Å². The highest BCUT2D eigenvalue weighted by molar-refractivity contribution is 6.25. The molecule has 0 spiro atoms. The Kier molecular flexibility index (Phi) is 4.18. The molecular formula is C16H9F4N3O3. The zero-order valence-electron chi connectivity index (χ0n) is 13.0.